The van der Waals surface area contributed by atoms with E-state index in [-0.39, 0.29) is 12.1 Å². The number of rotatable bonds is 5. The molecule has 0 aromatic heterocycles. The SMILES string of the molecule is COc1ccccc1CNC(=O)NC1COc2c(cccc2OC)C1. The van der Waals surface area contributed by atoms with Gasteiger partial charge in [0.15, 0.2) is 11.5 Å². The number of hydrogen-bond acceptors (Lipinski definition) is 4. The average molecular weight is 342 g/mol. The average Bonchev–Trinajstić information content (AvgIpc) is 2.65. The molecule has 0 saturated carbocycles. The number of para-hydroxylation sites is 2. The third kappa shape index (κ3) is 3.96. The van der Waals surface area contributed by atoms with E-state index in [2.05, 4.69) is 10.6 Å². The van der Waals surface area contributed by atoms with E-state index < -0.39 is 0 Å². The lowest BCUT2D eigenvalue weighted by atomic mass is 10.0. The first-order valence-electron chi connectivity index (χ1n) is 8.16. The van der Waals surface area contributed by atoms with E-state index in [1.54, 1.807) is 14.2 Å². The maximum absolute atomic E-state index is 12.2. The molecule has 2 amide bonds. The summed E-state index contributed by atoms with van der Waals surface area (Å²) in [5.74, 6) is 2.24. The molecule has 0 aliphatic carbocycles. The van der Waals surface area contributed by atoms with Gasteiger partial charge in [-0.3, -0.25) is 0 Å². The van der Waals surface area contributed by atoms with Gasteiger partial charge in [0.2, 0.25) is 0 Å². The number of urea groups is 1. The summed E-state index contributed by atoms with van der Waals surface area (Å²) in [4.78, 5) is 12.2. The molecule has 2 aromatic rings. The number of methoxy groups -OCH3 is 2. The minimum absolute atomic E-state index is 0.0859. The lowest BCUT2D eigenvalue weighted by Crippen LogP contribution is -2.47. The molecule has 3 rings (SSSR count). The predicted molar refractivity (Wildman–Crippen MR) is 94.3 cm³/mol. The van der Waals surface area contributed by atoms with Gasteiger partial charge in [0.25, 0.3) is 0 Å². The van der Waals surface area contributed by atoms with E-state index >= 15 is 0 Å². The van der Waals surface area contributed by atoms with Crippen LogP contribution in [0.3, 0.4) is 0 Å². The minimum Gasteiger partial charge on any atom is -0.496 e. The highest BCUT2D eigenvalue weighted by Gasteiger charge is 2.23. The predicted octanol–water partition coefficient (Wildman–Crippen LogP) is 2.51. The number of hydrogen-bond donors (Lipinski definition) is 2. The smallest absolute Gasteiger partial charge is 0.315 e. The van der Waals surface area contributed by atoms with Crippen LogP contribution >= 0.6 is 0 Å². The monoisotopic (exact) mass is 342 g/mol. The molecule has 1 heterocycles. The summed E-state index contributed by atoms with van der Waals surface area (Å²) in [5.41, 5.74) is 1.95. The van der Waals surface area contributed by atoms with Gasteiger partial charge in [-0.2, -0.15) is 0 Å². The number of nitrogens with one attached hydrogen (secondary N) is 2. The third-order valence-electron chi connectivity index (χ3n) is 4.14. The number of carbonyl (C=O) groups excluding carboxylic acids is 1. The van der Waals surface area contributed by atoms with E-state index in [9.17, 15) is 4.79 Å². The van der Waals surface area contributed by atoms with Crippen LogP contribution in [0.4, 0.5) is 4.79 Å². The molecule has 0 radical (unpaired) electrons. The summed E-state index contributed by atoms with van der Waals surface area (Å²) in [5, 5.41) is 5.81. The van der Waals surface area contributed by atoms with Crippen LogP contribution in [-0.4, -0.2) is 32.9 Å². The molecule has 1 aliphatic rings. The van der Waals surface area contributed by atoms with Gasteiger partial charge in [0, 0.05) is 17.7 Å². The van der Waals surface area contributed by atoms with E-state index in [1.165, 1.54) is 0 Å². The molecule has 0 fully saturated rings. The fourth-order valence-electron chi connectivity index (χ4n) is 2.91. The van der Waals surface area contributed by atoms with Crippen molar-refractivity contribution >= 4 is 6.03 Å². The lowest BCUT2D eigenvalue weighted by molar-refractivity contribution is 0.210. The Morgan fingerprint density at radius 1 is 1.12 bits per heavy atom. The molecule has 6 heteroatoms. The number of amides is 2. The molecule has 1 atom stereocenters. The Morgan fingerprint density at radius 3 is 2.68 bits per heavy atom. The fourth-order valence-corrected chi connectivity index (χ4v) is 2.91. The number of ether oxygens (including phenoxy) is 3. The van der Waals surface area contributed by atoms with Crippen LogP contribution in [0.15, 0.2) is 42.5 Å². The molecule has 0 saturated heterocycles. The lowest BCUT2D eigenvalue weighted by Gasteiger charge is -2.27. The Labute approximate surface area is 147 Å². The van der Waals surface area contributed by atoms with Crippen molar-refractivity contribution in [1.82, 2.24) is 10.6 Å². The van der Waals surface area contributed by atoms with Crippen molar-refractivity contribution < 1.29 is 19.0 Å². The molecule has 0 spiro atoms. The standard InChI is InChI=1S/C19H22N2O4/c1-23-16-8-4-3-6-14(16)11-20-19(22)21-15-10-13-7-5-9-17(24-2)18(13)25-12-15/h3-9,15H,10-12H2,1-2H3,(H2,20,21,22). The molecule has 1 unspecified atom stereocenters. The van der Waals surface area contributed by atoms with Gasteiger partial charge in [0.05, 0.1) is 20.3 Å². The molecule has 25 heavy (non-hydrogen) atoms. The molecule has 6 nitrogen and oxygen atoms in total. The minimum atomic E-state index is -0.231. The van der Waals surface area contributed by atoms with Crippen molar-refractivity contribution in [2.24, 2.45) is 0 Å². The summed E-state index contributed by atoms with van der Waals surface area (Å²) in [6, 6.07) is 13.1. The van der Waals surface area contributed by atoms with Crippen LogP contribution < -0.4 is 24.8 Å². The van der Waals surface area contributed by atoms with Crippen LogP contribution in [0.2, 0.25) is 0 Å². The van der Waals surface area contributed by atoms with E-state index in [1.807, 2.05) is 42.5 Å². The Kier molecular flexibility index (Phi) is 5.28. The number of benzene rings is 2. The first kappa shape index (κ1) is 17.0. The zero-order chi connectivity index (χ0) is 17.6. The van der Waals surface area contributed by atoms with Crippen molar-refractivity contribution in [2.45, 2.75) is 19.0 Å². The summed E-state index contributed by atoms with van der Waals surface area (Å²) in [6.07, 6.45) is 0.703. The molecule has 0 bridgehead atoms. The molecular weight excluding hydrogens is 320 g/mol. The van der Waals surface area contributed by atoms with Crippen molar-refractivity contribution in [1.29, 1.82) is 0 Å². The van der Waals surface area contributed by atoms with Crippen molar-refractivity contribution in [2.75, 3.05) is 20.8 Å². The van der Waals surface area contributed by atoms with Gasteiger partial charge in [-0.15, -0.1) is 0 Å². The maximum Gasteiger partial charge on any atom is 0.315 e. The molecule has 132 valence electrons. The Bertz CT molecular complexity index is 748. The van der Waals surface area contributed by atoms with E-state index in [0.717, 1.165) is 28.4 Å². The van der Waals surface area contributed by atoms with Crippen LogP contribution in [0.1, 0.15) is 11.1 Å². The highest BCUT2D eigenvalue weighted by molar-refractivity contribution is 5.74. The first-order chi connectivity index (χ1) is 12.2. The van der Waals surface area contributed by atoms with Crippen molar-refractivity contribution in [3.63, 3.8) is 0 Å². The number of carbonyl (C=O) groups is 1. The van der Waals surface area contributed by atoms with Gasteiger partial charge < -0.3 is 24.8 Å². The third-order valence-corrected chi connectivity index (χ3v) is 4.14. The van der Waals surface area contributed by atoms with E-state index in [0.29, 0.717) is 19.6 Å². The van der Waals surface area contributed by atoms with Gasteiger partial charge >= 0.3 is 6.03 Å². The van der Waals surface area contributed by atoms with Gasteiger partial charge in [0.1, 0.15) is 12.4 Å². The topological polar surface area (TPSA) is 68.8 Å². The molecular formula is C19H22N2O4. The summed E-state index contributed by atoms with van der Waals surface area (Å²) < 4.78 is 16.4. The second-order valence-corrected chi connectivity index (χ2v) is 5.80. The summed E-state index contributed by atoms with van der Waals surface area (Å²) in [6.45, 7) is 0.809. The van der Waals surface area contributed by atoms with Crippen LogP contribution in [0.25, 0.3) is 0 Å². The van der Waals surface area contributed by atoms with Crippen molar-refractivity contribution in [3.05, 3.63) is 53.6 Å². The van der Waals surface area contributed by atoms with Crippen LogP contribution in [0, 0.1) is 0 Å². The van der Waals surface area contributed by atoms with E-state index in [4.69, 9.17) is 14.2 Å². The number of fused-ring (bicyclic) bond motifs is 1. The Hall–Kier alpha value is -2.89. The second kappa shape index (κ2) is 7.79. The molecule has 2 N–H and O–H groups in total. The quantitative estimate of drug-likeness (QED) is 0.876. The summed E-state index contributed by atoms with van der Waals surface area (Å²) >= 11 is 0. The highest BCUT2D eigenvalue weighted by atomic mass is 16.5. The molecule has 2 aromatic carbocycles. The zero-order valence-electron chi connectivity index (χ0n) is 14.4. The van der Waals surface area contributed by atoms with Gasteiger partial charge in [-0.25, -0.2) is 4.79 Å². The largest absolute Gasteiger partial charge is 0.496 e. The van der Waals surface area contributed by atoms with Gasteiger partial charge in [-0.1, -0.05) is 30.3 Å². The van der Waals surface area contributed by atoms with Crippen LogP contribution in [0.5, 0.6) is 17.2 Å². The highest BCUT2D eigenvalue weighted by Crippen LogP contribution is 2.34. The summed E-state index contributed by atoms with van der Waals surface area (Å²) in [7, 11) is 3.23. The second-order valence-electron chi connectivity index (χ2n) is 5.80. The normalized spacial score (nSPS) is 15.5. The maximum atomic E-state index is 12.2. The Morgan fingerprint density at radius 2 is 1.88 bits per heavy atom. The fraction of sp³-hybridized carbons (Fsp3) is 0.316. The molecule has 1 aliphatic heterocycles. The Balaban J connectivity index is 1.55. The van der Waals surface area contributed by atoms with Gasteiger partial charge in [-0.05, 0) is 18.6 Å². The van der Waals surface area contributed by atoms with Crippen LogP contribution in [-0.2, 0) is 13.0 Å². The first-order valence-corrected chi connectivity index (χ1v) is 8.16. The van der Waals surface area contributed by atoms with Crippen molar-refractivity contribution in [3.8, 4) is 17.2 Å². The zero-order valence-corrected chi connectivity index (χ0v) is 14.4.